The van der Waals surface area contributed by atoms with Crippen LogP contribution in [0.5, 0.6) is 0 Å². The van der Waals surface area contributed by atoms with Gasteiger partial charge in [-0.15, -0.1) is 0 Å². The van der Waals surface area contributed by atoms with Gasteiger partial charge in [-0.05, 0) is 25.1 Å². The van der Waals surface area contributed by atoms with Gasteiger partial charge in [-0.1, -0.05) is 13.8 Å². The molecule has 4 nitrogen and oxygen atoms in total. The maximum atomic E-state index is 5.55. The largest absolute Gasteiger partial charge is 0.377 e. The number of aromatic nitrogens is 1. The minimum atomic E-state index is 0.494. The van der Waals surface area contributed by atoms with Crippen LogP contribution in [0.4, 0.5) is 5.69 Å². The Morgan fingerprint density at radius 3 is 3.17 bits per heavy atom. The standard InChI is InChI=1S/C14H23N3O/c1-3-13-11-18-8-7-17(13)14-5-6-16-12(9-14)10-15-4-2/h5-6,9,13,15H,3-4,7-8,10-11H2,1-2H3. The third-order valence-corrected chi connectivity index (χ3v) is 3.39. The number of nitrogens with one attached hydrogen (secondary N) is 1. The molecule has 100 valence electrons. The zero-order valence-electron chi connectivity index (χ0n) is 11.4. The minimum Gasteiger partial charge on any atom is -0.377 e. The van der Waals surface area contributed by atoms with Crippen LogP contribution < -0.4 is 10.2 Å². The Morgan fingerprint density at radius 2 is 2.39 bits per heavy atom. The summed E-state index contributed by atoms with van der Waals surface area (Å²) in [5, 5.41) is 3.31. The molecule has 1 aromatic heterocycles. The van der Waals surface area contributed by atoms with Gasteiger partial charge < -0.3 is 15.0 Å². The van der Waals surface area contributed by atoms with Crippen LogP contribution in [0.25, 0.3) is 0 Å². The zero-order valence-corrected chi connectivity index (χ0v) is 11.4. The predicted molar refractivity (Wildman–Crippen MR) is 73.9 cm³/mol. The number of rotatable bonds is 5. The third-order valence-electron chi connectivity index (χ3n) is 3.39. The summed E-state index contributed by atoms with van der Waals surface area (Å²) in [6.07, 6.45) is 3.02. The van der Waals surface area contributed by atoms with Gasteiger partial charge in [0.15, 0.2) is 0 Å². The first-order valence-corrected chi connectivity index (χ1v) is 6.85. The summed E-state index contributed by atoms with van der Waals surface area (Å²) < 4.78 is 5.55. The molecule has 1 saturated heterocycles. The van der Waals surface area contributed by atoms with Crippen molar-refractivity contribution in [2.75, 3.05) is 31.2 Å². The number of nitrogens with zero attached hydrogens (tertiary/aromatic N) is 2. The quantitative estimate of drug-likeness (QED) is 0.863. The molecular formula is C14H23N3O. The highest BCUT2D eigenvalue weighted by atomic mass is 16.5. The summed E-state index contributed by atoms with van der Waals surface area (Å²) in [5.41, 5.74) is 2.38. The molecule has 0 aromatic carbocycles. The van der Waals surface area contributed by atoms with Crippen LogP contribution >= 0.6 is 0 Å². The second-order valence-corrected chi connectivity index (χ2v) is 4.62. The molecule has 2 heterocycles. The molecule has 0 amide bonds. The topological polar surface area (TPSA) is 37.4 Å². The lowest BCUT2D eigenvalue weighted by Gasteiger charge is -2.37. The number of hydrogen-bond donors (Lipinski definition) is 1. The summed E-state index contributed by atoms with van der Waals surface area (Å²) >= 11 is 0. The zero-order chi connectivity index (χ0) is 12.8. The summed E-state index contributed by atoms with van der Waals surface area (Å²) in [6.45, 7) is 8.77. The SMILES string of the molecule is CCNCc1cc(N2CCOCC2CC)ccn1. The molecule has 1 aliphatic rings. The van der Waals surface area contributed by atoms with E-state index in [2.05, 4.69) is 41.2 Å². The summed E-state index contributed by atoms with van der Waals surface area (Å²) in [6, 6.07) is 4.79. The van der Waals surface area contributed by atoms with Crippen LogP contribution in [0, 0.1) is 0 Å². The van der Waals surface area contributed by atoms with Gasteiger partial charge in [0, 0.05) is 25.0 Å². The van der Waals surface area contributed by atoms with E-state index in [9.17, 15) is 0 Å². The Balaban J connectivity index is 2.10. The molecule has 0 aliphatic carbocycles. The molecule has 0 saturated carbocycles. The lowest BCUT2D eigenvalue weighted by Crippen LogP contribution is -2.45. The van der Waals surface area contributed by atoms with Crippen molar-refractivity contribution in [1.82, 2.24) is 10.3 Å². The van der Waals surface area contributed by atoms with E-state index >= 15 is 0 Å². The van der Waals surface area contributed by atoms with Crippen LogP contribution in [0.3, 0.4) is 0 Å². The molecule has 1 aliphatic heterocycles. The molecule has 1 aromatic rings. The first-order chi connectivity index (χ1) is 8.85. The van der Waals surface area contributed by atoms with Crippen molar-refractivity contribution in [2.45, 2.75) is 32.9 Å². The van der Waals surface area contributed by atoms with Crippen molar-refractivity contribution in [3.05, 3.63) is 24.0 Å². The van der Waals surface area contributed by atoms with Gasteiger partial charge in [0.1, 0.15) is 0 Å². The Bertz CT molecular complexity index is 370. The average Bonchev–Trinajstić information content (AvgIpc) is 2.45. The van der Waals surface area contributed by atoms with E-state index in [-0.39, 0.29) is 0 Å². The van der Waals surface area contributed by atoms with E-state index in [4.69, 9.17) is 4.74 Å². The second-order valence-electron chi connectivity index (χ2n) is 4.62. The van der Waals surface area contributed by atoms with E-state index in [1.54, 1.807) is 0 Å². The fourth-order valence-electron chi connectivity index (χ4n) is 2.33. The van der Waals surface area contributed by atoms with Crippen molar-refractivity contribution >= 4 is 5.69 Å². The van der Waals surface area contributed by atoms with Crippen LogP contribution in [-0.2, 0) is 11.3 Å². The van der Waals surface area contributed by atoms with Crippen molar-refractivity contribution in [1.29, 1.82) is 0 Å². The van der Waals surface area contributed by atoms with Crippen molar-refractivity contribution < 1.29 is 4.74 Å². The van der Waals surface area contributed by atoms with Gasteiger partial charge in [0.05, 0.1) is 24.9 Å². The summed E-state index contributed by atoms with van der Waals surface area (Å²) in [5.74, 6) is 0. The third kappa shape index (κ3) is 3.21. The molecule has 1 fully saturated rings. The van der Waals surface area contributed by atoms with Gasteiger partial charge in [0.25, 0.3) is 0 Å². The molecule has 1 unspecified atom stereocenters. The van der Waals surface area contributed by atoms with Crippen LogP contribution in [0.15, 0.2) is 18.3 Å². The maximum absolute atomic E-state index is 5.55. The molecule has 0 bridgehead atoms. The van der Waals surface area contributed by atoms with E-state index in [0.29, 0.717) is 6.04 Å². The molecular weight excluding hydrogens is 226 g/mol. The molecule has 4 heteroatoms. The number of ether oxygens (including phenoxy) is 1. The van der Waals surface area contributed by atoms with Crippen molar-refractivity contribution in [3.63, 3.8) is 0 Å². The van der Waals surface area contributed by atoms with Crippen LogP contribution in [0.2, 0.25) is 0 Å². The van der Waals surface area contributed by atoms with Gasteiger partial charge in [0.2, 0.25) is 0 Å². The predicted octanol–water partition coefficient (Wildman–Crippen LogP) is 1.81. The van der Waals surface area contributed by atoms with E-state index in [1.165, 1.54) is 5.69 Å². The van der Waals surface area contributed by atoms with E-state index in [1.807, 2.05) is 6.20 Å². The second kappa shape index (κ2) is 6.71. The highest BCUT2D eigenvalue weighted by molar-refractivity contribution is 5.48. The summed E-state index contributed by atoms with van der Waals surface area (Å²) in [7, 11) is 0. The molecule has 0 radical (unpaired) electrons. The lowest BCUT2D eigenvalue weighted by atomic mass is 10.1. The first kappa shape index (κ1) is 13.3. The number of pyridine rings is 1. The minimum absolute atomic E-state index is 0.494. The monoisotopic (exact) mass is 249 g/mol. The smallest absolute Gasteiger partial charge is 0.0670 e. The van der Waals surface area contributed by atoms with Gasteiger partial charge in [-0.2, -0.15) is 0 Å². The molecule has 0 spiro atoms. The Kier molecular flexibility index (Phi) is 4.96. The van der Waals surface area contributed by atoms with Crippen LogP contribution in [0.1, 0.15) is 26.0 Å². The van der Waals surface area contributed by atoms with Crippen LogP contribution in [-0.4, -0.2) is 37.3 Å². The number of anilines is 1. The van der Waals surface area contributed by atoms with Gasteiger partial charge in [-0.25, -0.2) is 0 Å². The van der Waals surface area contributed by atoms with Crippen molar-refractivity contribution in [3.8, 4) is 0 Å². The van der Waals surface area contributed by atoms with Crippen molar-refractivity contribution in [2.24, 2.45) is 0 Å². The average molecular weight is 249 g/mol. The van der Waals surface area contributed by atoms with E-state index < -0.39 is 0 Å². The Hall–Kier alpha value is -1.13. The first-order valence-electron chi connectivity index (χ1n) is 6.85. The lowest BCUT2D eigenvalue weighted by molar-refractivity contribution is 0.0930. The van der Waals surface area contributed by atoms with Gasteiger partial charge >= 0.3 is 0 Å². The molecule has 2 rings (SSSR count). The highest BCUT2D eigenvalue weighted by Gasteiger charge is 2.21. The van der Waals surface area contributed by atoms with E-state index in [0.717, 1.165) is 45.0 Å². The fraction of sp³-hybridized carbons (Fsp3) is 0.643. The maximum Gasteiger partial charge on any atom is 0.0670 e. The van der Waals surface area contributed by atoms with Gasteiger partial charge in [-0.3, -0.25) is 4.98 Å². The summed E-state index contributed by atoms with van der Waals surface area (Å²) in [4.78, 5) is 6.85. The Morgan fingerprint density at radius 1 is 1.50 bits per heavy atom. The molecule has 1 atom stereocenters. The number of morpholine rings is 1. The molecule has 1 N–H and O–H groups in total. The normalized spacial score (nSPS) is 20.1. The molecule has 18 heavy (non-hydrogen) atoms. The highest BCUT2D eigenvalue weighted by Crippen LogP contribution is 2.21. The number of hydrogen-bond acceptors (Lipinski definition) is 4. The fourth-order valence-corrected chi connectivity index (χ4v) is 2.33. The Labute approximate surface area is 109 Å².